The Balaban J connectivity index is 1.90. The Morgan fingerprint density at radius 1 is 0.800 bits per heavy atom. The summed E-state index contributed by atoms with van der Waals surface area (Å²) in [6, 6.07) is 0. The number of rotatable bonds is 3. The summed E-state index contributed by atoms with van der Waals surface area (Å²) in [6.45, 7) is 0. The summed E-state index contributed by atoms with van der Waals surface area (Å²) in [6.07, 6.45) is 21.9. The number of allylic oxidation sites excluding steroid dienone is 4. The van der Waals surface area contributed by atoms with Gasteiger partial charge in [-0.05, 0) is 38.5 Å². The lowest BCUT2D eigenvalue weighted by molar-refractivity contribution is 0.451. The van der Waals surface area contributed by atoms with Crippen molar-refractivity contribution >= 4 is 7.14 Å². The van der Waals surface area contributed by atoms with Gasteiger partial charge in [-0.2, -0.15) is 0 Å². The van der Waals surface area contributed by atoms with E-state index in [1.165, 1.54) is 69.5 Å². The van der Waals surface area contributed by atoms with Gasteiger partial charge in [0.15, 0.2) is 0 Å². The van der Waals surface area contributed by atoms with Crippen molar-refractivity contribution < 1.29 is 4.57 Å². The van der Waals surface area contributed by atoms with Crippen molar-refractivity contribution in [2.24, 2.45) is 0 Å². The van der Waals surface area contributed by atoms with Crippen LogP contribution in [0.2, 0.25) is 0 Å². The largest absolute Gasteiger partial charge is 0.318 e. The summed E-state index contributed by atoms with van der Waals surface area (Å²) in [4.78, 5) is 0. The average molecular weight is 292 g/mol. The van der Waals surface area contributed by atoms with Gasteiger partial charge in [0.25, 0.3) is 0 Å². The van der Waals surface area contributed by atoms with Gasteiger partial charge in [-0.15, -0.1) is 0 Å². The van der Waals surface area contributed by atoms with Crippen LogP contribution in [-0.2, 0) is 4.57 Å². The molecule has 0 aromatic heterocycles. The van der Waals surface area contributed by atoms with E-state index in [-0.39, 0.29) is 0 Å². The van der Waals surface area contributed by atoms with E-state index in [0.717, 1.165) is 12.8 Å². The second-order valence-corrected chi connectivity index (χ2v) is 10.3. The van der Waals surface area contributed by atoms with Crippen molar-refractivity contribution in [3.8, 4) is 0 Å². The first-order valence-corrected chi connectivity index (χ1v) is 10.6. The Labute approximate surface area is 124 Å². The quantitative estimate of drug-likeness (QED) is 0.562. The molecule has 20 heavy (non-hydrogen) atoms. The van der Waals surface area contributed by atoms with Crippen LogP contribution in [0.3, 0.4) is 0 Å². The fraction of sp³-hybridized carbons (Fsp3) is 0.778. The van der Waals surface area contributed by atoms with Crippen LogP contribution >= 0.6 is 7.14 Å². The molecule has 0 aromatic rings. The lowest BCUT2D eigenvalue weighted by Crippen LogP contribution is -2.24. The van der Waals surface area contributed by atoms with E-state index in [4.69, 9.17) is 0 Å². The maximum atomic E-state index is 14.2. The van der Waals surface area contributed by atoms with E-state index in [1.807, 2.05) is 0 Å². The Morgan fingerprint density at radius 2 is 1.35 bits per heavy atom. The fourth-order valence-electron chi connectivity index (χ4n) is 4.51. The lowest BCUT2D eigenvalue weighted by Gasteiger charge is -2.39. The number of hydrogen-bond acceptors (Lipinski definition) is 1. The van der Waals surface area contributed by atoms with Crippen LogP contribution in [0.4, 0.5) is 0 Å². The van der Waals surface area contributed by atoms with E-state index in [9.17, 15) is 4.57 Å². The SMILES string of the molecule is O=P(C1=CCCC=C1)(C1CCCCC1)C1CCCCC1. The smallest absolute Gasteiger partial charge is 0.121 e. The average Bonchev–Trinajstić information content (AvgIpc) is 2.56. The van der Waals surface area contributed by atoms with E-state index in [0.29, 0.717) is 11.3 Å². The minimum absolute atomic E-state index is 0.508. The molecule has 3 aliphatic rings. The molecule has 0 aromatic carbocycles. The molecule has 0 bridgehead atoms. The first-order chi connectivity index (χ1) is 9.82. The first kappa shape index (κ1) is 14.6. The standard InChI is InChI=1S/C18H29OP/c19-20(16-10-4-1-5-11-16,17-12-6-2-7-13-17)18-14-8-3-9-15-18/h4,10-11,17-18H,1-3,5-9,12-15H2. The van der Waals surface area contributed by atoms with Crippen LogP contribution in [0.5, 0.6) is 0 Å². The normalized spacial score (nSPS) is 26.5. The Hall–Kier alpha value is -0.290. The van der Waals surface area contributed by atoms with Gasteiger partial charge < -0.3 is 4.57 Å². The lowest BCUT2D eigenvalue weighted by atomic mass is 9.99. The molecule has 0 aliphatic heterocycles. The van der Waals surface area contributed by atoms with Gasteiger partial charge in [0.05, 0.1) is 0 Å². The molecule has 0 saturated heterocycles. The highest BCUT2D eigenvalue weighted by atomic mass is 31.2. The zero-order valence-electron chi connectivity index (χ0n) is 12.7. The maximum absolute atomic E-state index is 14.2. The summed E-state index contributed by atoms with van der Waals surface area (Å²) >= 11 is 0. The predicted octanol–water partition coefficient (Wildman–Crippen LogP) is 6.25. The molecule has 112 valence electrons. The summed E-state index contributed by atoms with van der Waals surface area (Å²) in [5.74, 6) is 0. The minimum atomic E-state index is -2.17. The molecule has 3 rings (SSSR count). The molecule has 3 aliphatic carbocycles. The molecule has 2 heteroatoms. The van der Waals surface area contributed by atoms with Gasteiger partial charge >= 0.3 is 0 Å². The highest BCUT2D eigenvalue weighted by molar-refractivity contribution is 7.69. The van der Waals surface area contributed by atoms with Crippen molar-refractivity contribution in [1.82, 2.24) is 0 Å². The Kier molecular flexibility index (Phi) is 4.87. The molecular formula is C18H29OP. The van der Waals surface area contributed by atoms with Gasteiger partial charge in [0.2, 0.25) is 0 Å². The van der Waals surface area contributed by atoms with Crippen LogP contribution < -0.4 is 0 Å². The van der Waals surface area contributed by atoms with E-state index < -0.39 is 7.14 Å². The summed E-state index contributed by atoms with van der Waals surface area (Å²) in [5.41, 5.74) is 1.02. The van der Waals surface area contributed by atoms with E-state index in [1.54, 1.807) is 0 Å². The third-order valence-corrected chi connectivity index (χ3v) is 9.95. The summed E-state index contributed by atoms with van der Waals surface area (Å²) in [7, 11) is -2.17. The molecule has 2 fully saturated rings. The molecule has 2 saturated carbocycles. The molecule has 0 radical (unpaired) electrons. The third-order valence-electron chi connectivity index (χ3n) is 5.61. The maximum Gasteiger partial charge on any atom is 0.121 e. The van der Waals surface area contributed by atoms with Crippen molar-refractivity contribution in [1.29, 1.82) is 0 Å². The van der Waals surface area contributed by atoms with Crippen LogP contribution in [0.25, 0.3) is 0 Å². The second kappa shape index (κ2) is 6.65. The van der Waals surface area contributed by atoms with Crippen LogP contribution in [0.15, 0.2) is 23.5 Å². The van der Waals surface area contributed by atoms with Crippen molar-refractivity contribution in [2.45, 2.75) is 88.4 Å². The van der Waals surface area contributed by atoms with Crippen molar-refractivity contribution in [3.63, 3.8) is 0 Å². The fourth-order valence-corrected chi connectivity index (χ4v) is 8.96. The van der Waals surface area contributed by atoms with Crippen LogP contribution in [0, 0.1) is 0 Å². The summed E-state index contributed by atoms with van der Waals surface area (Å²) < 4.78 is 14.2. The minimum Gasteiger partial charge on any atom is -0.318 e. The monoisotopic (exact) mass is 292 g/mol. The molecule has 0 N–H and O–H groups in total. The van der Waals surface area contributed by atoms with Gasteiger partial charge in [0.1, 0.15) is 7.14 Å². The Morgan fingerprint density at radius 3 is 1.80 bits per heavy atom. The third kappa shape index (κ3) is 2.84. The van der Waals surface area contributed by atoms with E-state index >= 15 is 0 Å². The van der Waals surface area contributed by atoms with Crippen LogP contribution in [-0.4, -0.2) is 11.3 Å². The highest BCUT2D eigenvalue weighted by Crippen LogP contribution is 2.68. The molecule has 1 nitrogen and oxygen atoms in total. The Bertz CT molecular complexity index is 401. The van der Waals surface area contributed by atoms with Crippen LogP contribution in [0.1, 0.15) is 77.0 Å². The van der Waals surface area contributed by atoms with Crippen molar-refractivity contribution in [3.05, 3.63) is 23.5 Å². The zero-order chi connectivity index (χ0) is 13.8. The molecular weight excluding hydrogens is 263 g/mol. The molecule has 0 unspecified atom stereocenters. The van der Waals surface area contributed by atoms with Crippen molar-refractivity contribution in [2.75, 3.05) is 0 Å². The topological polar surface area (TPSA) is 17.1 Å². The first-order valence-electron chi connectivity index (χ1n) is 8.78. The van der Waals surface area contributed by atoms with Gasteiger partial charge in [-0.25, -0.2) is 0 Å². The van der Waals surface area contributed by atoms with Gasteiger partial charge in [0, 0.05) is 16.6 Å². The number of hydrogen-bond donors (Lipinski definition) is 0. The zero-order valence-corrected chi connectivity index (χ0v) is 13.6. The van der Waals surface area contributed by atoms with Gasteiger partial charge in [-0.1, -0.05) is 56.8 Å². The highest BCUT2D eigenvalue weighted by Gasteiger charge is 2.43. The molecule has 0 amide bonds. The molecule has 0 atom stereocenters. The predicted molar refractivity (Wildman–Crippen MR) is 87.8 cm³/mol. The summed E-state index contributed by atoms with van der Waals surface area (Å²) in [5, 5.41) is 1.27. The van der Waals surface area contributed by atoms with Gasteiger partial charge in [-0.3, -0.25) is 0 Å². The van der Waals surface area contributed by atoms with E-state index in [2.05, 4.69) is 18.2 Å². The molecule has 0 spiro atoms. The second-order valence-electron chi connectivity index (χ2n) is 6.90. The molecule has 0 heterocycles.